The van der Waals surface area contributed by atoms with Crippen LogP contribution in [-0.2, 0) is 16.5 Å². The normalized spacial score (nSPS) is 38.2. The first kappa shape index (κ1) is 16.1. The molecule has 4 atom stereocenters. The molecule has 2 aromatic rings. The highest BCUT2D eigenvalue weighted by Crippen LogP contribution is 2.67. The molecule has 2 heterocycles. The largest absolute Gasteiger partial charge is 0.294 e. The monoisotopic (exact) mass is 355 g/mol. The average molecular weight is 356 g/mol. The Kier molecular flexibility index (Phi) is 3.07. The van der Waals surface area contributed by atoms with Crippen molar-refractivity contribution in [3.05, 3.63) is 83.4 Å². The maximum Gasteiger partial charge on any atom is 0.0675 e. The highest BCUT2D eigenvalue weighted by molar-refractivity contribution is 5.57. The first-order valence-electron chi connectivity index (χ1n) is 10.7. The van der Waals surface area contributed by atoms with E-state index in [4.69, 9.17) is 0 Å². The number of hydrogen-bond acceptors (Lipinski definition) is 1. The molecule has 138 valence electrons. The molecule has 4 aliphatic rings. The Morgan fingerprint density at radius 3 is 2.26 bits per heavy atom. The van der Waals surface area contributed by atoms with E-state index in [-0.39, 0.29) is 11.1 Å². The van der Waals surface area contributed by atoms with Crippen LogP contribution in [0, 0.1) is 11.8 Å². The van der Waals surface area contributed by atoms with Gasteiger partial charge in [0.15, 0.2) is 0 Å². The van der Waals surface area contributed by atoms with Crippen LogP contribution < -0.4 is 5.32 Å². The molecule has 6 rings (SSSR count). The Morgan fingerprint density at radius 1 is 0.963 bits per heavy atom. The molecule has 0 radical (unpaired) electrons. The summed E-state index contributed by atoms with van der Waals surface area (Å²) >= 11 is 0. The molecular weight excluding hydrogens is 326 g/mol. The van der Waals surface area contributed by atoms with Gasteiger partial charge >= 0.3 is 0 Å². The quantitative estimate of drug-likeness (QED) is 0.685. The lowest BCUT2D eigenvalue weighted by atomic mass is 9.75. The van der Waals surface area contributed by atoms with E-state index in [1.165, 1.54) is 43.2 Å². The molecule has 2 saturated carbocycles. The smallest absolute Gasteiger partial charge is 0.0675 e. The third-order valence-electron chi connectivity index (χ3n) is 8.14. The van der Waals surface area contributed by atoms with Crippen molar-refractivity contribution in [2.75, 3.05) is 0 Å². The van der Waals surface area contributed by atoms with E-state index in [9.17, 15) is 0 Å². The second kappa shape index (κ2) is 5.14. The summed E-state index contributed by atoms with van der Waals surface area (Å²) in [5.74, 6) is 1.67. The number of allylic oxidation sites excluding steroid dienone is 1. The maximum atomic E-state index is 4.27. The zero-order chi connectivity index (χ0) is 18.3. The minimum Gasteiger partial charge on any atom is -0.294 e. The molecule has 27 heavy (non-hydrogen) atoms. The van der Waals surface area contributed by atoms with Crippen LogP contribution in [0.25, 0.3) is 0 Å². The predicted octanol–water partition coefficient (Wildman–Crippen LogP) is 5.79. The van der Waals surface area contributed by atoms with Crippen LogP contribution >= 0.6 is 0 Å². The molecular formula is C26H29N. The summed E-state index contributed by atoms with van der Waals surface area (Å²) in [4.78, 5) is 0. The SMILES string of the molecule is C=CC[C@@]12C[C@@H]1CC1(CC3CC3)N[C@@](C)(c3ccccc31)c1ccccc12. The molecule has 2 bridgehead atoms. The molecule has 2 aliphatic carbocycles. The van der Waals surface area contributed by atoms with Gasteiger partial charge in [-0.2, -0.15) is 0 Å². The van der Waals surface area contributed by atoms with E-state index in [1.807, 2.05) is 0 Å². The zero-order valence-electron chi connectivity index (χ0n) is 16.3. The Labute approximate surface area is 162 Å². The van der Waals surface area contributed by atoms with Gasteiger partial charge in [0, 0.05) is 11.0 Å². The van der Waals surface area contributed by atoms with Crippen molar-refractivity contribution in [3.63, 3.8) is 0 Å². The number of nitrogens with one attached hydrogen (secondary N) is 1. The van der Waals surface area contributed by atoms with Gasteiger partial charge in [0.05, 0.1) is 5.54 Å². The highest BCUT2D eigenvalue weighted by Gasteiger charge is 2.63. The van der Waals surface area contributed by atoms with Crippen molar-refractivity contribution >= 4 is 0 Å². The van der Waals surface area contributed by atoms with Crippen LogP contribution in [0.2, 0.25) is 0 Å². The van der Waals surface area contributed by atoms with Crippen molar-refractivity contribution in [2.45, 2.75) is 61.9 Å². The standard InChI is InChI=1S/C26H29N/c1-3-14-25-16-19(25)17-26(15-18-12-13-18)23-11-7-5-9-21(23)24(2,27-26)20-8-4-6-10-22(20)25/h3-11,18-19,27H,1,12-17H2,2H3/t19-,24-,25-,26?/m1/s1. The van der Waals surface area contributed by atoms with Crippen molar-refractivity contribution in [1.29, 1.82) is 0 Å². The van der Waals surface area contributed by atoms with Crippen LogP contribution in [-0.4, -0.2) is 0 Å². The van der Waals surface area contributed by atoms with Crippen LogP contribution in [0.4, 0.5) is 0 Å². The summed E-state index contributed by atoms with van der Waals surface area (Å²) in [6, 6.07) is 18.5. The maximum absolute atomic E-state index is 4.27. The van der Waals surface area contributed by atoms with Gasteiger partial charge in [0.2, 0.25) is 0 Å². The summed E-state index contributed by atoms with van der Waals surface area (Å²) in [6.07, 6.45) is 10.0. The van der Waals surface area contributed by atoms with Gasteiger partial charge in [0.25, 0.3) is 0 Å². The predicted molar refractivity (Wildman–Crippen MR) is 111 cm³/mol. The number of fused-ring (bicyclic) bond motifs is 9. The Bertz CT molecular complexity index is 941. The van der Waals surface area contributed by atoms with Gasteiger partial charge in [-0.1, -0.05) is 67.4 Å². The zero-order valence-corrected chi connectivity index (χ0v) is 16.3. The third kappa shape index (κ3) is 2.04. The lowest BCUT2D eigenvalue weighted by Crippen LogP contribution is -2.49. The van der Waals surface area contributed by atoms with E-state index in [1.54, 1.807) is 11.1 Å². The lowest BCUT2D eigenvalue weighted by molar-refractivity contribution is 0.218. The molecule has 2 aliphatic heterocycles. The van der Waals surface area contributed by atoms with Crippen LogP contribution in [0.5, 0.6) is 0 Å². The minimum atomic E-state index is -0.0934. The number of rotatable bonds is 4. The minimum absolute atomic E-state index is 0.0934. The second-order valence-corrected chi connectivity index (χ2v) is 9.82. The van der Waals surface area contributed by atoms with E-state index in [2.05, 4.69) is 73.4 Å². The van der Waals surface area contributed by atoms with Gasteiger partial charge in [-0.15, -0.1) is 6.58 Å². The topological polar surface area (TPSA) is 12.0 Å². The summed E-state index contributed by atoms with van der Waals surface area (Å²) in [5, 5.41) is 4.27. The first-order chi connectivity index (χ1) is 13.1. The Balaban J connectivity index is 1.62. The fourth-order valence-corrected chi connectivity index (χ4v) is 6.75. The fourth-order valence-electron chi connectivity index (χ4n) is 6.75. The van der Waals surface area contributed by atoms with Crippen molar-refractivity contribution in [1.82, 2.24) is 5.32 Å². The Morgan fingerprint density at radius 2 is 1.59 bits per heavy atom. The first-order valence-corrected chi connectivity index (χ1v) is 10.7. The Hall–Kier alpha value is -1.86. The molecule has 0 aromatic heterocycles. The van der Waals surface area contributed by atoms with Crippen LogP contribution in [0.15, 0.2) is 61.2 Å². The van der Waals surface area contributed by atoms with E-state index < -0.39 is 0 Å². The highest BCUT2D eigenvalue weighted by atomic mass is 15.1. The van der Waals surface area contributed by atoms with Gasteiger partial charge < -0.3 is 0 Å². The van der Waals surface area contributed by atoms with Crippen molar-refractivity contribution < 1.29 is 0 Å². The molecule has 0 spiro atoms. The van der Waals surface area contributed by atoms with Gasteiger partial charge in [-0.05, 0) is 66.7 Å². The van der Waals surface area contributed by atoms with Crippen molar-refractivity contribution in [2.24, 2.45) is 11.8 Å². The molecule has 0 amide bonds. The van der Waals surface area contributed by atoms with E-state index in [0.29, 0.717) is 5.41 Å². The van der Waals surface area contributed by atoms with Gasteiger partial charge in [-0.3, -0.25) is 5.32 Å². The lowest BCUT2D eigenvalue weighted by Gasteiger charge is -2.40. The third-order valence-corrected chi connectivity index (χ3v) is 8.14. The molecule has 2 aromatic carbocycles. The van der Waals surface area contributed by atoms with Gasteiger partial charge in [0.1, 0.15) is 0 Å². The van der Waals surface area contributed by atoms with Gasteiger partial charge in [-0.25, -0.2) is 0 Å². The molecule has 1 unspecified atom stereocenters. The summed E-state index contributed by atoms with van der Waals surface area (Å²) in [5.41, 5.74) is 6.53. The molecule has 0 saturated heterocycles. The molecule has 2 fully saturated rings. The summed E-state index contributed by atoms with van der Waals surface area (Å²) in [7, 11) is 0. The van der Waals surface area contributed by atoms with E-state index >= 15 is 0 Å². The molecule has 1 nitrogen and oxygen atoms in total. The summed E-state index contributed by atoms with van der Waals surface area (Å²) in [6.45, 7) is 6.56. The molecule has 1 heteroatoms. The summed E-state index contributed by atoms with van der Waals surface area (Å²) < 4.78 is 0. The second-order valence-electron chi connectivity index (χ2n) is 9.82. The van der Waals surface area contributed by atoms with Crippen LogP contribution in [0.1, 0.15) is 67.7 Å². The average Bonchev–Trinajstić information content (AvgIpc) is 3.59. The van der Waals surface area contributed by atoms with E-state index in [0.717, 1.165) is 18.3 Å². The number of benzene rings is 2. The molecule has 1 N–H and O–H groups in total. The van der Waals surface area contributed by atoms with Crippen molar-refractivity contribution in [3.8, 4) is 0 Å². The fraction of sp³-hybridized carbons (Fsp3) is 0.462. The van der Waals surface area contributed by atoms with Crippen LogP contribution in [0.3, 0.4) is 0 Å². The number of hydrogen-bond donors (Lipinski definition) is 1.